The average molecular weight is 347 g/mol. The van der Waals surface area contributed by atoms with Gasteiger partial charge in [0.05, 0.1) is 0 Å². The number of benzene rings is 2. The van der Waals surface area contributed by atoms with Gasteiger partial charge in [-0.05, 0) is 30.9 Å². The largest absolute Gasteiger partial charge is 0.460 e. The minimum absolute atomic E-state index is 0.101. The maximum absolute atomic E-state index is 13.0. The lowest BCUT2D eigenvalue weighted by atomic mass is 9.78. The van der Waals surface area contributed by atoms with E-state index in [0.29, 0.717) is 12.6 Å². The smallest absolute Gasteiger partial charge is 0.324 e. The number of fused-ring (bicyclic) bond motifs is 2. The molecule has 2 unspecified atom stereocenters. The Kier molecular flexibility index (Phi) is 4.89. The molecule has 2 heterocycles. The summed E-state index contributed by atoms with van der Waals surface area (Å²) in [5.41, 5.74) is 2.27. The van der Waals surface area contributed by atoms with Gasteiger partial charge in [0.25, 0.3) is 0 Å². The highest BCUT2D eigenvalue weighted by Gasteiger charge is 2.45. The zero-order valence-electron chi connectivity index (χ0n) is 15.1. The van der Waals surface area contributed by atoms with Crippen molar-refractivity contribution < 1.29 is 9.53 Å². The number of rotatable bonds is 5. The molecular formula is C23H25NO2. The van der Waals surface area contributed by atoms with Gasteiger partial charge in [-0.2, -0.15) is 0 Å². The van der Waals surface area contributed by atoms with Crippen LogP contribution < -0.4 is 0 Å². The first-order valence-corrected chi connectivity index (χ1v) is 9.45. The van der Waals surface area contributed by atoms with Crippen LogP contribution in [0.5, 0.6) is 0 Å². The van der Waals surface area contributed by atoms with E-state index < -0.39 is 0 Å². The molecule has 5 rings (SSSR count). The zero-order valence-corrected chi connectivity index (χ0v) is 15.1. The number of hydrogen-bond donors (Lipinski definition) is 0. The highest BCUT2D eigenvalue weighted by Crippen LogP contribution is 2.40. The molecule has 0 radical (unpaired) electrons. The van der Waals surface area contributed by atoms with Gasteiger partial charge >= 0.3 is 5.97 Å². The van der Waals surface area contributed by atoms with Crippen LogP contribution in [0.25, 0.3) is 0 Å². The van der Waals surface area contributed by atoms with Crippen LogP contribution in [0.15, 0.2) is 72.8 Å². The third-order valence-electron chi connectivity index (χ3n) is 5.68. The van der Waals surface area contributed by atoms with E-state index in [2.05, 4.69) is 48.2 Å². The predicted octanol–water partition coefficient (Wildman–Crippen LogP) is 4.51. The number of hydrogen-bond acceptors (Lipinski definition) is 3. The summed E-state index contributed by atoms with van der Waals surface area (Å²) in [5, 5.41) is 0. The minimum Gasteiger partial charge on any atom is -0.460 e. The molecule has 2 aromatic carbocycles. The Morgan fingerprint density at radius 1 is 1.04 bits per heavy atom. The summed E-state index contributed by atoms with van der Waals surface area (Å²) in [5.74, 6) is 0.144. The van der Waals surface area contributed by atoms with Gasteiger partial charge < -0.3 is 4.74 Å². The Balaban J connectivity index is 1.54. The monoisotopic (exact) mass is 347 g/mol. The highest BCUT2D eigenvalue weighted by atomic mass is 16.5. The third kappa shape index (κ3) is 3.32. The lowest BCUT2D eigenvalue weighted by Gasteiger charge is -2.49. The van der Waals surface area contributed by atoms with Crippen LogP contribution in [0.1, 0.15) is 36.9 Å². The molecule has 0 aromatic heterocycles. The van der Waals surface area contributed by atoms with Gasteiger partial charge in [0.1, 0.15) is 12.6 Å². The quantitative estimate of drug-likeness (QED) is 0.589. The summed E-state index contributed by atoms with van der Waals surface area (Å²) >= 11 is 0. The first-order chi connectivity index (χ1) is 12.7. The van der Waals surface area contributed by atoms with E-state index in [-0.39, 0.29) is 24.0 Å². The van der Waals surface area contributed by atoms with E-state index in [1.807, 2.05) is 36.4 Å². The van der Waals surface area contributed by atoms with E-state index in [1.54, 1.807) is 0 Å². The Hall–Kier alpha value is -2.39. The zero-order chi connectivity index (χ0) is 17.9. The fourth-order valence-electron chi connectivity index (χ4n) is 4.31. The number of carbonyl (C=O) groups is 1. The first kappa shape index (κ1) is 17.0. The summed E-state index contributed by atoms with van der Waals surface area (Å²) in [6, 6.07) is 20.6. The number of carbonyl (C=O) groups excluding carboxylic acids is 1. The van der Waals surface area contributed by atoms with Crippen LogP contribution in [0.4, 0.5) is 0 Å². The molecule has 3 nitrogen and oxygen atoms in total. The fraction of sp³-hybridized carbons (Fsp3) is 0.348. The lowest BCUT2D eigenvalue weighted by Crippen LogP contribution is -2.57. The van der Waals surface area contributed by atoms with Gasteiger partial charge in [0.2, 0.25) is 0 Å². The predicted molar refractivity (Wildman–Crippen MR) is 102 cm³/mol. The molecule has 0 spiro atoms. The molecule has 134 valence electrons. The van der Waals surface area contributed by atoms with E-state index >= 15 is 0 Å². The first-order valence-electron chi connectivity index (χ1n) is 9.45. The van der Waals surface area contributed by atoms with Crippen LogP contribution in [0, 0.1) is 5.92 Å². The van der Waals surface area contributed by atoms with Crippen molar-refractivity contribution in [1.82, 2.24) is 4.90 Å². The van der Waals surface area contributed by atoms with Crippen LogP contribution >= 0.6 is 0 Å². The van der Waals surface area contributed by atoms with Gasteiger partial charge in [0.15, 0.2) is 0 Å². The topological polar surface area (TPSA) is 29.5 Å². The molecule has 1 fully saturated rings. The number of nitrogens with zero attached hydrogens (tertiary/aromatic N) is 1. The maximum atomic E-state index is 13.0. The molecule has 0 saturated carbocycles. The minimum atomic E-state index is -0.197. The Morgan fingerprint density at radius 3 is 2.38 bits per heavy atom. The van der Waals surface area contributed by atoms with Crippen molar-refractivity contribution in [2.45, 2.75) is 44.5 Å². The van der Waals surface area contributed by atoms with E-state index in [9.17, 15) is 4.79 Å². The summed E-state index contributed by atoms with van der Waals surface area (Å²) < 4.78 is 5.72. The molecule has 3 heteroatoms. The van der Waals surface area contributed by atoms with Gasteiger partial charge in [-0.25, -0.2) is 0 Å². The van der Waals surface area contributed by atoms with Gasteiger partial charge in [-0.3, -0.25) is 9.69 Å². The number of ether oxygens (including phenoxy) is 1. The van der Waals surface area contributed by atoms with Crippen LogP contribution in [-0.2, 0) is 16.1 Å². The second-order valence-electron chi connectivity index (χ2n) is 7.27. The third-order valence-corrected chi connectivity index (χ3v) is 5.68. The molecule has 1 aliphatic carbocycles. The van der Waals surface area contributed by atoms with Crippen molar-refractivity contribution in [3.05, 3.63) is 83.9 Å². The summed E-state index contributed by atoms with van der Waals surface area (Å²) in [6.45, 7) is 2.53. The molecule has 0 amide bonds. The van der Waals surface area contributed by atoms with E-state index in [0.717, 1.165) is 18.4 Å². The van der Waals surface area contributed by atoms with Gasteiger partial charge in [-0.15, -0.1) is 0 Å². The summed E-state index contributed by atoms with van der Waals surface area (Å²) in [7, 11) is 0. The Morgan fingerprint density at radius 2 is 1.73 bits per heavy atom. The van der Waals surface area contributed by atoms with E-state index in [1.165, 1.54) is 5.56 Å². The van der Waals surface area contributed by atoms with Crippen molar-refractivity contribution in [1.29, 1.82) is 0 Å². The van der Waals surface area contributed by atoms with Gasteiger partial charge in [0, 0.05) is 18.0 Å². The molecule has 0 N–H and O–H groups in total. The molecule has 26 heavy (non-hydrogen) atoms. The van der Waals surface area contributed by atoms with Crippen molar-refractivity contribution in [2.75, 3.05) is 0 Å². The lowest BCUT2D eigenvalue weighted by molar-refractivity contribution is -0.158. The normalized spacial score (nSPS) is 25.8. The molecule has 4 atom stereocenters. The molecular weight excluding hydrogens is 322 g/mol. The second-order valence-corrected chi connectivity index (χ2v) is 7.27. The number of esters is 1. The Bertz CT molecular complexity index is 771. The van der Waals surface area contributed by atoms with E-state index in [4.69, 9.17) is 4.74 Å². The molecule has 2 bridgehead atoms. The Labute approximate surface area is 155 Å². The molecule has 1 saturated heterocycles. The fourth-order valence-corrected chi connectivity index (χ4v) is 4.31. The van der Waals surface area contributed by atoms with Crippen LogP contribution in [0.3, 0.4) is 0 Å². The van der Waals surface area contributed by atoms with Gasteiger partial charge in [-0.1, -0.05) is 72.8 Å². The second kappa shape index (κ2) is 7.46. The molecule has 2 aliphatic heterocycles. The standard InChI is InChI=1S/C23H25NO2/c1-17(19-10-6-3-7-11-19)24-21-14-12-20(13-15-21)22(24)23(25)26-16-18-8-4-2-5-9-18/h2-12,14,17,20-22H,13,15-16H2,1H3/t17-,20?,21?,22+/m1/s1. The summed E-state index contributed by atoms with van der Waals surface area (Å²) in [4.78, 5) is 15.4. The average Bonchev–Trinajstić information content (AvgIpc) is 2.73. The van der Waals surface area contributed by atoms with Crippen molar-refractivity contribution in [2.24, 2.45) is 5.92 Å². The summed E-state index contributed by atoms with van der Waals surface area (Å²) in [6.07, 6.45) is 6.66. The van der Waals surface area contributed by atoms with Crippen molar-refractivity contribution in [3.63, 3.8) is 0 Å². The maximum Gasteiger partial charge on any atom is 0.324 e. The SMILES string of the molecule is C[C@H](c1ccccc1)N1C2C=CC(CC2)[C@H]1C(=O)OCc1ccccc1. The van der Waals surface area contributed by atoms with Crippen molar-refractivity contribution >= 4 is 5.97 Å². The van der Waals surface area contributed by atoms with Crippen LogP contribution in [-0.4, -0.2) is 23.0 Å². The molecule has 3 aliphatic rings. The highest BCUT2D eigenvalue weighted by molar-refractivity contribution is 5.77. The number of piperidine rings is 1. The molecule has 2 aromatic rings. The van der Waals surface area contributed by atoms with Crippen molar-refractivity contribution in [3.8, 4) is 0 Å². The van der Waals surface area contributed by atoms with Crippen LogP contribution in [0.2, 0.25) is 0 Å².